The molecule has 0 N–H and O–H groups in total. The first-order valence-electron chi connectivity index (χ1n) is 13.8. The fourth-order valence-electron chi connectivity index (χ4n) is 4.44. The van der Waals surface area contributed by atoms with Crippen LogP contribution in [0.4, 0.5) is 0 Å². The Morgan fingerprint density at radius 2 is 1.32 bits per heavy atom. The first-order valence-corrected chi connectivity index (χ1v) is 17.0. The summed E-state index contributed by atoms with van der Waals surface area (Å²) in [5.74, 6) is -1.53. The van der Waals surface area contributed by atoms with Gasteiger partial charge in [-0.25, -0.2) is 4.21 Å². The monoisotopic (exact) mass is 595 g/mol. The highest BCUT2D eigenvalue weighted by molar-refractivity contribution is 8.03. The number of ether oxygens (including phenoxy) is 1. The van der Waals surface area contributed by atoms with Gasteiger partial charge in [0.15, 0.2) is 0 Å². The Morgan fingerprint density at radius 1 is 0.805 bits per heavy atom. The Kier molecular flexibility index (Phi) is 10.7. The number of benzene rings is 3. The van der Waals surface area contributed by atoms with Gasteiger partial charge in [-0.1, -0.05) is 108 Å². The van der Waals surface area contributed by atoms with Crippen LogP contribution in [0.15, 0.2) is 91.9 Å². The lowest BCUT2D eigenvalue weighted by Crippen LogP contribution is -2.21. The van der Waals surface area contributed by atoms with Crippen LogP contribution < -0.4 is 0 Å². The van der Waals surface area contributed by atoms with Crippen LogP contribution in [-0.4, -0.2) is 31.0 Å². The van der Waals surface area contributed by atoms with Gasteiger partial charge in [-0.05, 0) is 64.6 Å². The van der Waals surface area contributed by atoms with Gasteiger partial charge in [0.25, 0.3) is 10.0 Å². The van der Waals surface area contributed by atoms with E-state index in [-0.39, 0.29) is 34.2 Å². The largest absolute Gasteiger partial charge is 0.460 e. The molecule has 0 heterocycles. The number of sulfonamides is 1. The van der Waals surface area contributed by atoms with Gasteiger partial charge >= 0.3 is 5.97 Å². The molecule has 220 valence electrons. The van der Waals surface area contributed by atoms with E-state index in [1.807, 2.05) is 83.2 Å². The molecule has 0 aliphatic carbocycles. The highest BCUT2D eigenvalue weighted by Crippen LogP contribution is 2.37. The zero-order chi connectivity index (χ0) is 30.4. The van der Waals surface area contributed by atoms with Crippen molar-refractivity contribution in [1.29, 1.82) is 0 Å². The van der Waals surface area contributed by atoms with E-state index in [1.54, 1.807) is 18.2 Å². The zero-order valence-electron chi connectivity index (χ0n) is 25.0. The fourth-order valence-corrected chi connectivity index (χ4v) is 8.90. The number of carbonyl (C=O) groups is 1. The highest BCUT2D eigenvalue weighted by atomic mass is 32.3. The smallest absolute Gasteiger partial charge is 0.320 e. The highest BCUT2D eigenvalue weighted by Gasteiger charge is 2.30. The van der Waals surface area contributed by atoms with Gasteiger partial charge in [0, 0.05) is 4.90 Å². The number of nitrogens with zero attached hydrogens (tertiary/aromatic N) is 1. The molecule has 3 rings (SSSR count). The second-order valence-corrected chi connectivity index (χ2v) is 15.2. The third-order valence-electron chi connectivity index (χ3n) is 6.65. The molecule has 1 atom stereocenters. The van der Waals surface area contributed by atoms with Crippen molar-refractivity contribution in [3.63, 3.8) is 0 Å². The van der Waals surface area contributed by atoms with Crippen molar-refractivity contribution < 1.29 is 22.2 Å². The van der Waals surface area contributed by atoms with E-state index in [0.717, 1.165) is 16.7 Å². The van der Waals surface area contributed by atoms with E-state index >= 15 is 0 Å². The SMILES string of the molecule is C/C(=C\c1ccccc1)COC(=O)CS(=O)(=NS(=O)(=O)c1c(C(C)C)cc(C(C)C)cc1C(C)C)c1ccccc1. The van der Waals surface area contributed by atoms with Gasteiger partial charge in [0.05, 0.1) is 4.90 Å². The molecular formula is C33H41NO5S2. The van der Waals surface area contributed by atoms with Crippen LogP contribution in [0.2, 0.25) is 0 Å². The van der Waals surface area contributed by atoms with Crippen molar-refractivity contribution in [2.45, 2.75) is 76.0 Å². The second-order valence-electron chi connectivity index (χ2n) is 11.2. The Morgan fingerprint density at radius 3 is 1.80 bits per heavy atom. The lowest BCUT2D eigenvalue weighted by molar-refractivity contribution is -0.139. The summed E-state index contributed by atoms with van der Waals surface area (Å²) in [4.78, 5) is 13.2. The average Bonchev–Trinajstić information content (AvgIpc) is 2.91. The maximum absolute atomic E-state index is 14.4. The topological polar surface area (TPSA) is 89.9 Å². The summed E-state index contributed by atoms with van der Waals surface area (Å²) in [6.45, 7) is 13.7. The predicted octanol–water partition coefficient (Wildman–Crippen LogP) is 7.92. The van der Waals surface area contributed by atoms with E-state index < -0.39 is 31.5 Å². The number of rotatable bonds is 11. The van der Waals surface area contributed by atoms with Gasteiger partial charge in [0.1, 0.15) is 22.1 Å². The molecule has 8 heteroatoms. The number of hydrogen-bond donors (Lipinski definition) is 0. The first-order chi connectivity index (χ1) is 19.2. The average molecular weight is 596 g/mol. The van der Waals surface area contributed by atoms with E-state index in [4.69, 9.17) is 4.74 Å². The molecule has 1 unspecified atom stereocenters. The van der Waals surface area contributed by atoms with Crippen LogP contribution in [-0.2, 0) is 29.3 Å². The third-order valence-corrected chi connectivity index (χ3v) is 11.0. The first kappa shape index (κ1) is 32.3. The zero-order valence-corrected chi connectivity index (χ0v) is 26.6. The van der Waals surface area contributed by atoms with E-state index in [0.29, 0.717) is 11.1 Å². The minimum atomic E-state index is -4.45. The third kappa shape index (κ3) is 8.39. The van der Waals surface area contributed by atoms with Crippen LogP contribution in [0.1, 0.15) is 88.5 Å². The van der Waals surface area contributed by atoms with Crippen LogP contribution >= 0.6 is 0 Å². The van der Waals surface area contributed by atoms with Crippen molar-refractivity contribution in [3.05, 3.63) is 101 Å². The summed E-state index contributed by atoms with van der Waals surface area (Å²) >= 11 is 0. The Labute approximate surface area is 246 Å². The normalized spacial score (nSPS) is 13.9. The molecule has 0 fully saturated rings. The van der Waals surface area contributed by atoms with Crippen LogP contribution in [0.3, 0.4) is 0 Å². The van der Waals surface area contributed by atoms with Crippen molar-refractivity contribution in [2.24, 2.45) is 3.77 Å². The molecule has 0 saturated carbocycles. The van der Waals surface area contributed by atoms with Crippen LogP contribution in [0.5, 0.6) is 0 Å². The predicted molar refractivity (Wildman–Crippen MR) is 167 cm³/mol. The maximum Gasteiger partial charge on any atom is 0.320 e. The molecule has 3 aromatic carbocycles. The number of carbonyl (C=O) groups excluding carboxylic acids is 1. The van der Waals surface area contributed by atoms with Crippen LogP contribution in [0, 0.1) is 0 Å². The summed E-state index contributed by atoms with van der Waals surface area (Å²) in [5, 5.41) is 0. The Bertz CT molecular complexity index is 1590. The molecule has 0 aliphatic heterocycles. The number of esters is 1. The molecule has 0 radical (unpaired) electrons. The van der Waals surface area contributed by atoms with Crippen molar-refractivity contribution >= 4 is 31.8 Å². The van der Waals surface area contributed by atoms with Gasteiger partial charge < -0.3 is 4.74 Å². The van der Waals surface area contributed by atoms with Gasteiger partial charge in [-0.15, -0.1) is 3.77 Å². The standard InChI is InChI=1S/C33H41NO5S2/c1-23(2)28-19-30(24(3)4)33(31(20-28)25(5)6)41(37,38)34-40(36,29-16-12-9-13-17-29)22-32(35)39-21-26(7)18-27-14-10-8-11-15-27/h8-20,23-25H,21-22H2,1-7H3/b26-18+. The molecule has 3 aromatic rings. The summed E-state index contributed by atoms with van der Waals surface area (Å²) in [6.07, 6.45) is 1.89. The van der Waals surface area contributed by atoms with Crippen molar-refractivity contribution in [1.82, 2.24) is 0 Å². The summed E-state index contributed by atoms with van der Waals surface area (Å²) in [5.41, 5.74) is 4.03. The molecule has 0 aliphatic rings. The molecular weight excluding hydrogens is 554 g/mol. The van der Waals surface area contributed by atoms with Gasteiger partial charge in [-0.3, -0.25) is 4.79 Å². The van der Waals surface area contributed by atoms with Gasteiger partial charge in [-0.2, -0.15) is 8.42 Å². The minimum Gasteiger partial charge on any atom is -0.460 e. The molecule has 0 saturated heterocycles. The second kappa shape index (κ2) is 13.6. The maximum atomic E-state index is 14.4. The van der Waals surface area contributed by atoms with Crippen LogP contribution in [0.25, 0.3) is 6.08 Å². The Balaban J connectivity index is 2.09. The van der Waals surface area contributed by atoms with Gasteiger partial charge in [0.2, 0.25) is 0 Å². The molecule has 41 heavy (non-hydrogen) atoms. The molecule has 6 nitrogen and oxygen atoms in total. The molecule has 0 bridgehead atoms. The molecule has 0 aromatic heterocycles. The fraction of sp³-hybridized carbons (Fsp3) is 0.364. The lowest BCUT2D eigenvalue weighted by Gasteiger charge is -2.22. The summed E-state index contributed by atoms with van der Waals surface area (Å²) < 4.78 is 52.1. The summed E-state index contributed by atoms with van der Waals surface area (Å²) in [7, 11) is -8.20. The lowest BCUT2D eigenvalue weighted by atomic mass is 9.89. The quantitative estimate of drug-likeness (QED) is 0.210. The Hall–Kier alpha value is -3.23. The van der Waals surface area contributed by atoms with E-state index in [9.17, 15) is 17.4 Å². The van der Waals surface area contributed by atoms with E-state index in [2.05, 4.69) is 17.6 Å². The number of hydrogen-bond acceptors (Lipinski definition) is 5. The van der Waals surface area contributed by atoms with Crippen molar-refractivity contribution in [3.8, 4) is 0 Å². The minimum absolute atomic E-state index is 0.0174. The van der Waals surface area contributed by atoms with E-state index in [1.165, 1.54) is 12.1 Å². The van der Waals surface area contributed by atoms with Crippen molar-refractivity contribution in [2.75, 3.05) is 12.4 Å². The molecule has 0 amide bonds. The summed E-state index contributed by atoms with van der Waals surface area (Å²) in [6, 6.07) is 21.5. The molecule has 0 spiro atoms.